The fourth-order valence-corrected chi connectivity index (χ4v) is 2.96. The quantitative estimate of drug-likeness (QED) is 0.444. The first kappa shape index (κ1) is 18.8. The number of benzene rings is 2. The van der Waals surface area contributed by atoms with E-state index in [9.17, 15) is 4.39 Å². The van der Waals surface area contributed by atoms with Gasteiger partial charge >= 0.3 is 0 Å². The Labute approximate surface area is 167 Å². The normalized spacial score (nSPS) is 10.8. The van der Waals surface area contributed by atoms with Crippen LogP contribution in [0.1, 0.15) is 0 Å². The molecule has 29 heavy (non-hydrogen) atoms. The van der Waals surface area contributed by atoms with E-state index in [2.05, 4.69) is 15.3 Å². The number of halogens is 1. The molecule has 0 saturated heterocycles. The summed E-state index contributed by atoms with van der Waals surface area (Å²) in [6, 6.07) is 17.6. The predicted molar refractivity (Wildman–Crippen MR) is 107 cm³/mol. The van der Waals surface area contributed by atoms with Gasteiger partial charge in [-0.25, -0.2) is 9.07 Å². The Balaban J connectivity index is 1.75. The molecule has 0 radical (unpaired) electrons. The Morgan fingerprint density at radius 1 is 0.862 bits per heavy atom. The number of methoxy groups -OCH3 is 1. The van der Waals surface area contributed by atoms with E-state index in [0.717, 1.165) is 28.3 Å². The third-order valence-corrected chi connectivity index (χ3v) is 4.38. The number of hydrogen-bond donors (Lipinski definition) is 0. The first-order valence-electron chi connectivity index (χ1n) is 9.10. The molecule has 0 unspecified atom stereocenters. The first-order valence-corrected chi connectivity index (χ1v) is 9.10. The van der Waals surface area contributed by atoms with Gasteiger partial charge in [0.05, 0.1) is 12.3 Å². The van der Waals surface area contributed by atoms with E-state index in [4.69, 9.17) is 9.47 Å². The molecule has 0 aliphatic carbocycles. The van der Waals surface area contributed by atoms with E-state index >= 15 is 0 Å². The molecule has 0 fully saturated rings. The minimum atomic E-state index is -0.296. The van der Waals surface area contributed by atoms with Gasteiger partial charge in [-0.3, -0.25) is 4.98 Å². The van der Waals surface area contributed by atoms with Gasteiger partial charge in [0.2, 0.25) is 0 Å². The second-order valence-electron chi connectivity index (χ2n) is 6.28. The lowest BCUT2D eigenvalue weighted by Crippen LogP contribution is -2.04. The molecule has 146 valence electrons. The first-order chi connectivity index (χ1) is 14.3. The number of hydrogen-bond acceptors (Lipinski definition) is 5. The van der Waals surface area contributed by atoms with Gasteiger partial charge in [-0.2, -0.15) is 0 Å². The SMILES string of the molecule is COCCOc1ccc(-n2nnc(-c3ccc(F)cc3)c2-c2ccncc2)cc1. The van der Waals surface area contributed by atoms with Gasteiger partial charge < -0.3 is 9.47 Å². The summed E-state index contributed by atoms with van der Waals surface area (Å²) in [7, 11) is 1.64. The molecular formula is C22H19FN4O2. The fraction of sp³-hybridized carbons (Fsp3) is 0.136. The van der Waals surface area contributed by atoms with Crippen LogP contribution in [0.4, 0.5) is 4.39 Å². The van der Waals surface area contributed by atoms with E-state index in [1.54, 1.807) is 36.3 Å². The van der Waals surface area contributed by atoms with E-state index in [0.29, 0.717) is 18.9 Å². The topological polar surface area (TPSA) is 62.1 Å². The third-order valence-electron chi connectivity index (χ3n) is 4.38. The van der Waals surface area contributed by atoms with Crippen molar-refractivity contribution in [2.45, 2.75) is 0 Å². The maximum Gasteiger partial charge on any atom is 0.123 e. The van der Waals surface area contributed by atoms with Crippen molar-refractivity contribution in [2.24, 2.45) is 0 Å². The van der Waals surface area contributed by atoms with E-state index in [1.165, 1.54) is 12.1 Å². The summed E-state index contributed by atoms with van der Waals surface area (Å²) in [4.78, 5) is 4.09. The van der Waals surface area contributed by atoms with Gasteiger partial charge in [0.1, 0.15) is 29.6 Å². The van der Waals surface area contributed by atoms with Crippen molar-refractivity contribution in [1.82, 2.24) is 20.0 Å². The summed E-state index contributed by atoms with van der Waals surface area (Å²) >= 11 is 0. The zero-order valence-electron chi connectivity index (χ0n) is 15.8. The molecule has 4 rings (SSSR count). The van der Waals surface area contributed by atoms with E-state index in [1.807, 2.05) is 36.4 Å². The molecule has 0 amide bonds. The van der Waals surface area contributed by atoms with Gasteiger partial charge in [0, 0.05) is 30.6 Å². The van der Waals surface area contributed by atoms with Crippen molar-refractivity contribution >= 4 is 0 Å². The van der Waals surface area contributed by atoms with Crippen molar-refractivity contribution in [2.75, 3.05) is 20.3 Å². The Morgan fingerprint density at radius 2 is 1.59 bits per heavy atom. The van der Waals surface area contributed by atoms with Gasteiger partial charge in [0.25, 0.3) is 0 Å². The lowest BCUT2D eigenvalue weighted by molar-refractivity contribution is 0.146. The zero-order chi connectivity index (χ0) is 20.1. The van der Waals surface area contributed by atoms with Crippen LogP contribution in [0.25, 0.3) is 28.2 Å². The maximum absolute atomic E-state index is 13.4. The van der Waals surface area contributed by atoms with Crippen molar-refractivity contribution in [3.8, 4) is 34.0 Å². The van der Waals surface area contributed by atoms with Crippen LogP contribution in [0.2, 0.25) is 0 Å². The van der Waals surface area contributed by atoms with Crippen molar-refractivity contribution in [3.05, 3.63) is 78.9 Å². The molecule has 2 aromatic carbocycles. The van der Waals surface area contributed by atoms with E-state index < -0.39 is 0 Å². The van der Waals surface area contributed by atoms with Crippen LogP contribution < -0.4 is 4.74 Å². The summed E-state index contributed by atoms with van der Waals surface area (Å²) in [5.41, 5.74) is 3.98. The molecule has 6 nitrogen and oxygen atoms in total. The number of pyridine rings is 1. The van der Waals surface area contributed by atoms with Gasteiger partial charge in [-0.15, -0.1) is 5.10 Å². The average Bonchev–Trinajstić information content (AvgIpc) is 3.21. The standard InChI is InChI=1S/C22H19FN4O2/c1-28-14-15-29-20-8-6-19(7-9-20)27-22(17-10-12-24-13-11-17)21(25-26-27)16-2-4-18(23)5-3-16/h2-13H,14-15H2,1H3. The minimum Gasteiger partial charge on any atom is -0.491 e. The Morgan fingerprint density at radius 3 is 2.28 bits per heavy atom. The van der Waals surface area contributed by atoms with Crippen LogP contribution in [0.3, 0.4) is 0 Å². The monoisotopic (exact) mass is 390 g/mol. The van der Waals surface area contributed by atoms with Gasteiger partial charge in [-0.05, 0) is 60.7 Å². The molecule has 2 aromatic heterocycles. The molecule has 0 bridgehead atoms. The molecule has 4 aromatic rings. The van der Waals surface area contributed by atoms with Crippen LogP contribution in [0.5, 0.6) is 5.75 Å². The van der Waals surface area contributed by atoms with Crippen LogP contribution in [0.15, 0.2) is 73.1 Å². The number of aromatic nitrogens is 4. The summed E-state index contributed by atoms with van der Waals surface area (Å²) in [6.07, 6.45) is 3.43. The average molecular weight is 390 g/mol. The second-order valence-corrected chi connectivity index (χ2v) is 6.28. The van der Waals surface area contributed by atoms with Crippen molar-refractivity contribution in [3.63, 3.8) is 0 Å². The molecule has 0 N–H and O–H groups in total. The molecule has 0 spiro atoms. The summed E-state index contributed by atoms with van der Waals surface area (Å²) in [5.74, 6) is 0.450. The van der Waals surface area contributed by atoms with Crippen molar-refractivity contribution < 1.29 is 13.9 Å². The zero-order valence-corrected chi connectivity index (χ0v) is 15.8. The third kappa shape index (κ3) is 4.14. The highest BCUT2D eigenvalue weighted by Crippen LogP contribution is 2.32. The summed E-state index contributed by atoms with van der Waals surface area (Å²) in [6.45, 7) is 1.01. The largest absolute Gasteiger partial charge is 0.491 e. The van der Waals surface area contributed by atoms with Crippen molar-refractivity contribution in [1.29, 1.82) is 0 Å². The van der Waals surface area contributed by atoms with Crippen LogP contribution in [-0.2, 0) is 4.74 Å². The minimum absolute atomic E-state index is 0.296. The highest BCUT2D eigenvalue weighted by atomic mass is 19.1. The van der Waals surface area contributed by atoms with Gasteiger partial charge in [0.15, 0.2) is 0 Å². The molecule has 7 heteroatoms. The highest BCUT2D eigenvalue weighted by Gasteiger charge is 2.18. The lowest BCUT2D eigenvalue weighted by Gasteiger charge is -2.10. The smallest absolute Gasteiger partial charge is 0.123 e. The molecule has 0 atom stereocenters. The summed E-state index contributed by atoms with van der Waals surface area (Å²) < 4.78 is 25.8. The Bertz CT molecular complexity index is 1060. The molecule has 0 aliphatic heterocycles. The molecule has 0 aliphatic rings. The molecule has 0 saturated carbocycles. The second kappa shape index (κ2) is 8.62. The van der Waals surface area contributed by atoms with Gasteiger partial charge in [-0.1, -0.05) is 5.21 Å². The number of ether oxygens (including phenoxy) is 2. The van der Waals surface area contributed by atoms with E-state index in [-0.39, 0.29) is 5.82 Å². The van der Waals surface area contributed by atoms with Crippen LogP contribution >= 0.6 is 0 Å². The van der Waals surface area contributed by atoms with Crippen LogP contribution in [0, 0.1) is 5.82 Å². The van der Waals surface area contributed by atoms with Crippen LogP contribution in [-0.4, -0.2) is 40.3 Å². The number of nitrogens with zero attached hydrogens (tertiary/aromatic N) is 4. The molecular weight excluding hydrogens is 371 g/mol. The Kier molecular flexibility index (Phi) is 5.58. The maximum atomic E-state index is 13.4. The Hall–Kier alpha value is -3.58. The fourth-order valence-electron chi connectivity index (χ4n) is 2.96. The number of rotatable bonds is 7. The lowest BCUT2D eigenvalue weighted by atomic mass is 10.1. The summed E-state index contributed by atoms with van der Waals surface area (Å²) in [5, 5.41) is 8.73. The highest BCUT2D eigenvalue weighted by molar-refractivity contribution is 5.79. The predicted octanol–water partition coefficient (Wildman–Crippen LogP) is 4.16. The molecule has 2 heterocycles.